The maximum Gasteiger partial charge on any atom is 0.256 e. The Kier molecular flexibility index (Phi) is 8.73. The molecule has 1 unspecified atom stereocenters. The van der Waals surface area contributed by atoms with Gasteiger partial charge in [-0.05, 0) is 56.2 Å². The van der Waals surface area contributed by atoms with Gasteiger partial charge in [-0.3, -0.25) is 9.59 Å². The highest BCUT2D eigenvalue weighted by Gasteiger charge is 2.23. The van der Waals surface area contributed by atoms with Gasteiger partial charge in [-0.1, -0.05) is 41.9 Å². The van der Waals surface area contributed by atoms with Gasteiger partial charge in [-0.15, -0.1) is 0 Å². The number of aromatic nitrogens is 1. The average Bonchev–Trinajstić information content (AvgIpc) is 2.83. The molecule has 1 aromatic heterocycles. The van der Waals surface area contributed by atoms with E-state index in [1.54, 1.807) is 20.2 Å². The Labute approximate surface area is 202 Å². The molecule has 0 spiro atoms. The van der Waals surface area contributed by atoms with Gasteiger partial charge in [0, 0.05) is 40.8 Å². The van der Waals surface area contributed by atoms with E-state index in [0.717, 1.165) is 56.7 Å². The van der Waals surface area contributed by atoms with Crippen LogP contribution in [-0.4, -0.2) is 67.4 Å². The van der Waals surface area contributed by atoms with Crippen LogP contribution in [-0.2, 0) is 4.79 Å². The van der Waals surface area contributed by atoms with Crippen molar-refractivity contribution in [3.8, 4) is 0 Å². The predicted molar refractivity (Wildman–Crippen MR) is 134 cm³/mol. The number of hydrogen-bond acceptors (Lipinski definition) is 4. The third kappa shape index (κ3) is 6.47. The molecule has 0 aliphatic carbocycles. The second-order valence-electron chi connectivity index (χ2n) is 9.17. The summed E-state index contributed by atoms with van der Waals surface area (Å²) in [6.45, 7) is 4.62. The summed E-state index contributed by atoms with van der Waals surface area (Å²) in [7, 11) is 5.31. The fourth-order valence-corrected chi connectivity index (χ4v) is 4.62. The van der Waals surface area contributed by atoms with Crippen LogP contribution in [0.5, 0.6) is 0 Å². The number of halogens is 1. The number of likely N-dealkylation sites (N-methyl/N-ethyl adjacent to an activating group) is 1. The number of carbonyl (C=O) groups excluding carboxylic acids is 2. The van der Waals surface area contributed by atoms with E-state index in [1.807, 2.05) is 55.3 Å². The van der Waals surface area contributed by atoms with E-state index in [9.17, 15) is 9.59 Å². The van der Waals surface area contributed by atoms with Crippen LogP contribution in [0.2, 0.25) is 5.15 Å². The number of benzene rings is 1. The Hall–Kier alpha value is -2.60. The maximum absolute atomic E-state index is 12.7. The predicted octanol–water partition coefficient (Wildman–Crippen LogP) is 4.70. The van der Waals surface area contributed by atoms with Crippen LogP contribution in [0.3, 0.4) is 0 Å². The standard InChI is InChI=1S/C26H35ClN4O2/c1-19(21-10-6-5-7-11-21)25(32)30(4)16-8-9-20-14-17-31(18-15-20)23-13-12-22(24(27)28-23)26(33)29(2)3/h5-7,10-13,19-20H,8-9,14-18H2,1-4H3. The largest absolute Gasteiger partial charge is 0.357 e. The molecule has 2 amide bonds. The number of carbonyl (C=O) groups is 2. The zero-order valence-electron chi connectivity index (χ0n) is 20.1. The number of hydrogen-bond donors (Lipinski definition) is 0. The van der Waals surface area contributed by atoms with E-state index >= 15 is 0 Å². The lowest BCUT2D eigenvalue weighted by atomic mass is 9.92. The summed E-state index contributed by atoms with van der Waals surface area (Å²) in [6, 6.07) is 13.6. The van der Waals surface area contributed by atoms with Crippen LogP contribution in [0.4, 0.5) is 5.82 Å². The second kappa shape index (κ2) is 11.5. The van der Waals surface area contributed by atoms with E-state index in [0.29, 0.717) is 11.5 Å². The minimum absolute atomic E-state index is 0.113. The van der Waals surface area contributed by atoms with Crippen molar-refractivity contribution < 1.29 is 9.59 Å². The molecule has 0 saturated carbocycles. The monoisotopic (exact) mass is 470 g/mol. The SMILES string of the molecule is CC(C(=O)N(C)CCCC1CCN(c2ccc(C(=O)N(C)C)c(Cl)n2)CC1)c1ccccc1. The van der Waals surface area contributed by atoms with E-state index in [-0.39, 0.29) is 22.9 Å². The number of amides is 2. The molecule has 1 saturated heterocycles. The van der Waals surface area contributed by atoms with Gasteiger partial charge in [0.2, 0.25) is 5.91 Å². The van der Waals surface area contributed by atoms with Crippen molar-refractivity contribution in [1.29, 1.82) is 0 Å². The maximum atomic E-state index is 12.7. The van der Waals surface area contributed by atoms with Crippen LogP contribution < -0.4 is 4.90 Å². The fourth-order valence-electron chi connectivity index (χ4n) is 4.39. The summed E-state index contributed by atoms with van der Waals surface area (Å²) in [5.41, 5.74) is 1.50. The minimum atomic E-state index is -0.139. The van der Waals surface area contributed by atoms with Gasteiger partial charge in [0.05, 0.1) is 11.5 Å². The molecular formula is C26H35ClN4O2. The van der Waals surface area contributed by atoms with Crippen LogP contribution in [0.25, 0.3) is 0 Å². The summed E-state index contributed by atoms with van der Waals surface area (Å²) in [6.07, 6.45) is 4.32. The first-order valence-corrected chi connectivity index (χ1v) is 12.1. The van der Waals surface area contributed by atoms with E-state index in [2.05, 4.69) is 9.88 Å². The Bertz CT molecular complexity index is 943. The van der Waals surface area contributed by atoms with Crippen molar-refractivity contribution in [2.75, 3.05) is 45.7 Å². The fraction of sp³-hybridized carbons (Fsp3) is 0.500. The average molecular weight is 471 g/mol. The molecule has 0 radical (unpaired) electrons. The Balaban J connectivity index is 1.43. The highest BCUT2D eigenvalue weighted by Crippen LogP contribution is 2.27. The molecule has 0 bridgehead atoms. The lowest BCUT2D eigenvalue weighted by molar-refractivity contribution is -0.131. The number of anilines is 1. The third-order valence-electron chi connectivity index (χ3n) is 6.56. The van der Waals surface area contributed by atoms with Crippen molar-refractivity contribution in [2.45, 2.75) is 38.5 Å². The van der Waals surface area contributed by atoms with Gasteiger partial charge in [0.15, 0.2) is 0 Å². The second-order valence-corrected chi connectivity index (χ2v) is 9.53. The van der Waals surface area contributed by atoms with Crippen LogP contribution in [0, 0.1) is 5.92 Å². The molecule has 2 heterocycles. The molecule has 1 aliphatic heterocycles. The molecule has 178 valence electrons. The zero-order valence-corrected chi connectivity index (χ0v) is 20.9. The van der Waals surface area contributed by atoms with Gasteiger partial charge in [-0.2, -0.15) is 0 Å². The van der Waals surface area contributed by atoms with Crippen LogP contribution >= 0.6 is 11.6 Å². The summed E-state index contributed by atoms with van der Waals surface area (Å²) in [5, 5.41) is 0.255. The lowest BCUT2D eigenvalue weighted by Gasteiger charge is -2.33. The Morgan fingerprint density at radius 1 is 1.09 bits per heavy atom. The third-order valence-corrected chi connectivity index (χ3v) is 6.85. The van der Waals surface area contributed by atoms with E-state index < -0.39 is 0 Å². The van der Waals surface area contributed by atoms with Crippen molar-refractivity contribution in [3.05, 3.63) is 58.7 Å². The van der Waals surface area contributed by atoms with Crippen molar-refractivity contribution in [3.63, 3.8) is 0 Å². The van der Waals surface area contributed by atoms with Gasteiger partial charge in [-0.25, -0.2) is 4.98 Å². The molecule has 7 heteroatoms. The molecule has 33 heavy (non-hydrogen) atoms. The van der Waals surface area contributed by atoms with Crippen molar-refractivity contribution >= 4 is 29.2 Å². The van der Waals surface area contributed by atoms with Gasteiger partial charge in [0.1, 0.15) is 11.0 Å². The highest BCUT2D eigenvalue weighted by atomic mass is 35.5. The number of rotatable bonds is 8. The van der Waals surface area contributed by atoms with Crippen molar-refractivity contribution in [1.82, 2.24) is 14.8 Å². The molecule has 1 atom stereocenters. The molecular weight excluding hydrogens is 436 g/mol. The summed E-state index contributed by atoms with van der Waals surface area (Å²) in [5.74, 6) is 1.41. The van der Waals surface area contributed by atoms with Crippen molar-refractivity contribution in [2.24, 2.45) is 5.92 Å². The summed E-state index contributed by atoms with van der Waals surface area (Å²) < 4.78 is 0. The highest BCUT2D eigenvalue weighted by molar-refractivity contribution is 6.32. The summed E-state index contributed by atoms with van der Waals surface area (Å²) in [4.78, 5) is 35.0. The van der Waals surface area contributed by atoms with Gasteiger partial charge < -0.3 is 14.7 Å². The molecule has 1 aromatic carbocycles. The quantitative estimate of drug-likeness (QED) is 0.525. The Morgan fingerprint density at radius 2 is 1.76 bits per heavy atom. The first-order valence-electron chi connectivity index (χ1n) is 11.7. The topological polar surface area (TPSA) is 56.8 Å². The normalized spacial score (nSPS) is 15.2. The van der Waals surface area contributed by atoms with Gasteiger partial charge in [0.25, 0.3) is 5.91 Å². The smallest absolute Gasteiger partial charge is 0.256 e. The summed E-state index contributed by atoms with van der Waals surface area (Å²) >= 11 is 6.28. The minimum Gasteiger partial charge on any atom is -0.357 e. The lowest BCUT2D eigenvalue weighted by Crippen LogP contribution is -2.35. The van der Waals surface area contributed by atoms with E-state index in [4.69, 9.17) is 11.6 Å². The first kappa shape index (κ1) is 25.0. The molecule has 6 nitrogen and oxygen atoms in total. The van der Waals surface area contributed by atoms with Crippen LogP contribution in [0.1, 0.15) is 54.4 Å². The molecule has 1 fully saturated rings. The number of nitrogens with zero attached hydrogens (tertiary/aromatic N) is 4. The number of pyridine rings is 1. The molecule has 3 rings (SSSR count). The zero-order chi connectivity index (χ0) is 24.0. The molecule has 2 aromatic rings. The first-order chi connectivity index (χ1) is 15.8. The molecule has 0 N–H and O–H groups in total. The van der Waals surface area contributed by atoms with Crippen LogP contribution in [0.15, 0.2) is 42.5 Å². The van der Waals surface area contributed by atoms with E-state index in [1.165, 1.54) is 4.90 Å². The Morgan fingerprint density at radius 3 is 2.36 bits per heavy atom. The molecule has 1 aliphatic rings. The number of piperidine rings is 1. The van der Waals surface area contributed by atoms with Gasteiger partial charge >= 0.3 is 0 Å².